The number of likely N-dealkylation sites (tertiary alicyclic amines) is 1. The predicted octanol–water partition coefficient (Wildman–Crippen LogP) is 3.12. The monoisotopic (exact) mass is 369 g/mol. The molecule has 7 nitrogen and oxygen atoms in total. The molecule has 1 saturated heterocycles. The standard InChI is InChI=1S/C20H27N5O2/c1-4-5-19(26)23-16-6-7-18(21-9-16)25-12-17(22-13-25)20(27)24-10-14(2)8-15(3)11-24/h6-7,9,12-15H,4-5,8,10-11H2,1-3H3,(H,23,26)/t14-,15-/m0/s1. The van der Waals surface area contributed by atoms with E-state index in [0.29, 0.717) is 35.5 Å². The summed E-state index contributed by atoms with van der Waals surface area (Å²) >= 11 is 0. The van der Waals surface area contributed by atoms with Gasteiger partial charge in [-0.05, 0) is 36.8 Å². The number of nitrogens with one attached hydrogen (secondary N) is 1. The van der Waals surface area contributed by atoms with Gasteiger partial charge in [0, 0.05) is 25.7 Å². The highest BCUT2D eigenvalue weighted by Crippen LogP contribution is 2.22. The van der Waals surface area contributed by atoms with E-state index in [1.54, 1.807) is 35.4 Å². The van der Waals surface area contributed by atoms with Crippen LogP contribution in [-0.4, -0.2) is 44.3 Å². The lowest BCUT2D eigenvalue weighted by Crippen LogP contribution is -2.42. The molecule has 1 fully saturated rings. The van der Waals surface area contributed by atoms with Gasteiger partial charge >= 0.3 is 0 Å². The maximum atomic E-state index is 12.8. The number of imidazole rings is 1. The lowest BCUT2D eigenvalue weighted by Gasteiger charge is -2.34. The van der Waals surface area contributed by atoms with Crippen molar-refractivity contribution in [3.05, 3.63) is 36.5 Å². The first-order valence-electron chi connectivity index (χ1n) is 9.55. The van der Waals surface area contributed by atoms with Crippen molar-refractivity contribution >= 4 is 17.5 Å². The molecule has 0 radical (unpaired) electrons. The Morgan fingerprint density at radius 1 is 1.19 bits per heavy atom. The third-order valence-electron chi connectivity index (χ3n) is 4.73. The third-order valence-corrected chi connectivity index (χ3v) is 4.73. The Labute approximate surface area is 159 Å². The molecule has 2 atom stereocenters. The predicted molar refractivity (Wildman–Crippen MR) is 104 cm³/mol. The van der Waals surface area contributed by atoms with E-state index in [0.717, 1.165) is 25.9 Å². The van der Waals surface area contributed by atoms with Crippen LogP contribution >= 0.6 is 0 Å². The summed E-state index contributed by atoms with van der Waals surface area (Å²) in [5.41, 5.74) is 1.09. The SMILES string of the molecule is CCCC(=O)Nc1ccc(-n2cnc(C(=O)N3C[C@@H](C)C[C@H](C)C3)c2)nc1. The van der Waals surface area contributed by atoms with Crippen molar-refractivity contribution in [3.8, 4) is 5.82 Å². The summed E-state index contributed by atoms with van der Waals surface area (Å²) in [7, 11) is 0. The Balaban J connectivity index is 1.68. The summed E-state index contributed by atoms with van der Waals surface area (Å²) in [6.45, 7) is 7.88. The average molecular weight is 369 g/mol. The van der Waals surface area contributed by atoms with Gasteiger partial charge in [-0.1, -0.05) is 20.8 Å². The fraction of sp³-hybridized carbons (Fsp3) is 0.500. The number of anilines is 1. The zero-order valence-electron chi connectivity index (χ0n) is 16.2. The summed E-state index contributed by atoms with van der Waals surface area (Å²) in [6.07, 6.45) is 7.37. The molecule has 3 heterocycles. The normalized spacial score (nSPS) is 19.7. The number of carbonyl (C=O) groups is 2. The second-order valence-corrected chi connectivity index (χ2v) is 7.53. The fourth-order valence-electron chi connectivity index (χ4n) is 3.61. The van der Waals surface area contributed by atoms with Crippen LogP contribution < -0.4 is 5.32 Å². The van der Waals surface area contributed by atoms with E-state index in [1.807, 2.05) is 11.8 Å². The highest BCUT2D eigenvalue weighted by atomic mass is 16.2. The molecule has 0 aliphatic carbocycles. The molecule has 3 rings (SSSR count). The van der Waals surface area contributed by atoms with Crippen molar-refractivity contribution in [2.45, 2.75) is 40.0 Å². The zero-order valence-corrected chi connectivity index (χ0v) is 16.2. The van der Waals surface area contributed by atoms with Gasteiger partial charge in [0.05, 0.1) is 11.9 Å². The van der Waals surface area contributed by atoms with E-state index < -0.39 is 0 Å². The molecule has 144 valence electrons. The maximum Gasteiger partial charge on any atom is 0.274 e. The van der Waals surface area contributed by atoms with E-state index in [1.165, 1.54) is 0 Å². The molecule has 1 N–H and O–H groups in total. The first kappa shape index (κ1) is 19.1. The van der Waals surface area contributed by atoms with Crippen LogP contribution in [0.15, 0.2) is 30.9 Å². The minimum absolute atomic E-state index is 0.0208. The second kappa shape index (κ2) is 8.33. The number of piperidine rings is 1. The van der Waals surface area contributed by atoms with Crippen molar-refractivity contribution in [2.75, 3.05) is 18.4 Å². The number of aromatic nitrogens is 3. The number of carbonyl (C=O) groups excluding carboxylic acids is 2. The minimum Gasteiger partial charge on any atom is -0.337 e. The smallest absolute Gasteiger partial charge is 0.274 e. The molecule has 2 amide bonds. The van der Waals surface area contributed by atoms with Crippen LogP contribution in [0, 0.1) is 11.8 Å². The molecule has 1 aliphatic heterocycles. The maximum absolute atomic E-state index is 12.8. The quantitative estimate of drug-likeness (QED) is 0.878. The van der Waals surface area contributed by atoms with Gasteiger partial charge in [0.1, 0.15) is 17.8 Å². The van der Waals surface area contributed by atoms with Crippen LogP contribution in [0.1, 0.15) is 50.5 Å². The molecular weight excluding hydrogens is 342 g/mol. The molecule has 0 bridgehead atoms. The van der Waals surface area contributed by atoms with Crippen LogP contribution in [0.2, 0.25) is 0 Å². The van der Waals surface area contributed by atoms with Crippen molar-refractivity contribution in [1.29, 1.82) is 0 Å². The van der Waals surface area contributed by atoms with Crippen LogP contribution in [0.25, 0.3) is 5.82 Å². The van der Waals surface area contributed by atoms with Gasteiger partial charge in [0.2, 0.25) is 5.91 Å². The first-order valence-corrected chi connectivity index (χ1v) is 9.55. The van der Waals surface area contributed by atoms with Crippen molar-refractivity contribution < 1.29 is 9.59 Å². The fourth-order valence-corrected chi connectivity index (χ4v) is 3.61. The second-order valence-electron chi connectivity index (χ2n) is 7.53. The number of amides is 2. The van der Waals surface area contributed by atoms with Gasteiger partial charge in [-0.3, -0.25) is 14.2 Å². The van der Waals surface area contributed by atoms with E-state index in [-0.39, 0.29) is 11.8 Å². The lowest BCUT2D eigenvalue weighted by molar-refractivity contribution is -0.116. The molecule has 7 heteroatoms. The van der Waals surface area contributed by atoms with E-state index in [4.69, 9.17) is 0 Å². The molecule has 2 aromatic heterocycles. The van der Waals surface area contributed by atoms with Crippen LogP contribution in [0.5, 0.6) is 0 Å². The van der Waals surface area contributed by atoms with Crippen LogP contribution in [-0.2, 0) is 4.79 Å². The third kappa shape index (κ3) is 4.72. The molecule has 0 unspecified atom stereocenters. The Bertz CT molecular complexity index is 789. The first-order chi connectivity index (χ1) is 13.0. The Hall–Kier alpha value is -2.70. The van der Waals surface area contributed by atoms with Gasteiger partial charge in [-0.25, -0.2) is 9.97 Å². The van der Waals surface area contributed by atoms with Crippen molar-refractivity contribution in [3.63, 3.8) is 0 Å². The van der Waals surface area contributed by atoms with Gasteiger partial charge in [0.15, 0.2) is 0 Å². The zero-order chi connectivity index (χ0) is 19.4. The molecule has 0 saturated carbocycles. The number of nitrogens with zero attached hydrogens (tertiary/aromatic N) is 4. The van der Waals surface area contributed by atoms with Crippen LogP contribution in [0.4, 0.5) is 5.69 Å². The highest BCUT2D eigenvalue weighted by molar-refractivity contribution is 5.92. The molecular formula is C20H27N5O2. The average Bonchev–Trinajstić information content (AvgIpc) is 3.11. The van der Waals surface area contributed by atoms with Crippen LogP contribution in [0.3, 0.4) is 0 Å². The summed E-state index contributed by atoms with van der Waals surface area (Å²) in [4.78, 5) is 34.9. The van der Waals surface area contributed by atoms with E-state index >= 15 is 0 Å². The van der Waals surface area contributed by atoms with Gasteiger partial charge in [-0.15, -0.1) is 0 Å². The minimum atomic E-state index is -0.0319. The van der Waals surface area contributed by atoms with E-state index in [2.05, 4.69) is 29.1 Å². The van der Waals surface area contributed by atoms with Gasteiger partial charge < -0.3 is 10.2 Å². The molecule has 0 aromatic carbocycles. The van der Waals surface area contributed by atoms with Gasteiger partial charge in [0.25, 0.3) is 5.91 Å². The summed E-state index contributed by atoms with van der Waals surface area (Å²) in [5.74, 6) is 1.62. The largest absolute Gasteiger partial charge is 0.337 e. The summed E-state index contributed by atoms with van der Waals surface area (Å²) in [5, 5.41) is 2.81. The molecule has 0 spiro atoms. The summed E-state index contributed by atoms with van der Waals surface area (Å²) in [6, 6.07) is 3.59. The van der Waals surface area contributed by atoms with Crippen molar-refractivity contribution in [2.24, 2.45) is 11.8 Å². The van der Waals surface area contributed by atoms with E-state index in [9.17, 15) is 9.59 Å². The van der Waals surface area contributed by atoms with Gasteiger partial charge in [-0.2, -0.15) is 0 Å². The molecule has 27 heavy (non-hydrogen) atoms. The highest BCUT2D eigenvalue weighted by Gasteiger charge is 2.27. The Morgan fingerprint density at radius 2 is 1.93 bits per heavy atom. The molecule has 1 aliphatic rings. The summed E-state index contributed by atoms with van der Waals surface area (Å²) < 4.78 is 1.72. The number of hydrogen-bond acceptors (Lipinski definition) is 4. The number of hydrogen-bond donors (Lipinski definition) is 1. The Morgan fingerprint density at radius 3 is 2.56 bits per heavy atom. The number of rotatable bonds is 5. The van der Waals surface area contributed by atoms with Crippen molar-refractivity contribution in [1.82, 2.24) is 19.4 Å². The Kier molecular flexibility index (Phi) is 5.88. The topological polar surface area (TPSA) is 80.1 Å². The number of pyridine rings is 1. The molecule has 2 aromatic rings. The lowest BCUT2D eigenvalue weighted by atomic mass is 9.92.